The molecule has 1 aliphatic heterocycles. The molecule has 1 N–H and O–H groups in total. The van der Waals surface area contributed by atoms with Crippen LogP contribution in [0.3, 0.4) is 0 Å². The van der Waals surface area contributed by atoms with Crippen LogP contribution in [0.2, 0.25) is 0 Å². The maximum atomic E-state index is 12.7. The Kier molecular flexibility index (Phi) is 5.01. The van der Waals surface area contributed by atoms with Gasteiger partial charge in [-0.25, -0.2) is 0 Å². The second kappa shape index (κ2) is 7.18. The van der Waals surface area contributed by atoms with Crippen LogP contribution in [0.25, 0.3) is 0 Å². The molecule has 1 aliphatic carbocycles. The fraction of sp³-hybridized carbons (Fsp3) is 0.526. The molecule has 0 aromatic heterocycles. The third kappa shape index (κ3) is 3.75. The molecule has 2 atom stereocenters. The van der Waals surface area contributed by atoms with E-state index in [9.17, 15) is 9.90 Å². The summed E-state index contributed by atoms with van der Waals surface area (Å²) < 4.78 is 5.28. The fourth-order valence-corrected chi connectivity index (χ4v) is 3.62. The fourth-order valence-electron chi connectivity index (χ4n) is 3.62. The first kappa shape index (κ1) is 16.1. The van der Waals surface area contributed by atoms with E-state index < -0.39 is 6.10 Å². The van der Waals surface area contributed by atoms with Gasteiger partial charge in [-0.1, -0.05) is 23.8 Å². The minimum atomic E-state index is -0.449. The van der Waals surface area contributed by atoms with Crippen molar-refractivity contribution in [3.63, 3.8) is 0 Å². The zero-order chi connectivity index (χ0) is 16.2. The molecule has 0 radical (unpaired) electrons. The molecule has 1 amide bonds. The zero-order valence-electron chi connectivity index (χ0n) is 13.7. The van der Waals surface area contributed by atoms with Crippen molar-refractivity contribution in [1.82, 2.24) is 4.90 Å². The number of amides is 1. The normalized spacial score (nSPS) is 24.4. The summed E-state index contributed by atoms with van der Waals surface area (Å²) >= 11 is 0. The maximum absolute atomic E-state index is 12.7. The Bertz CT molecular complexity index is 596. The summed E-state index contributed by atoms with van der Waals surface area (Å²) in [5.41, 5.74) is 2.29. The molecular formula is C19H25NO3. The Balaban J connectivity index is 1.76. The van der Waals surface area contributed by atoms with Crippen LogP contribution in [0.15, 0.2) is 35.9 Å². The van der Waals surface area contributed by atoms with Crippen LogP contribution in [-0.2, 0) is 4.79 Å². The van der Waals surface area contributed by atoms with Gasteiger partial charge in [-0.2, -0.15) is 0 Å². The highest BCUT2D eigenvalue weighted by Gasteiger charge is 2.35. The number of rotatable bonds is 4. The van der Waals surface area contributed by atoms with Gasteiger partial charge in [0.05, 0.1) is 19.3 Å². The Labute approximate surface area is 137 Å². The molecule has 3 rings (SSSR count). The van der Waals surface area contributed by atoms with Crippen molar-refractivity contribution in [3.8, 4) is 5.75 Å². The molecule has 1 fully saturated rings. The van der Waals surface area contributed by atoms with Gasteiger partial charge in [0.15, 0.2) is 0 Å². The predicted molar refractivity (Wildman–Crippen MR) is 89.2 cm³/mol. The number of benzene rings is 1. The van der Waals surface area contributed by atoms with Crippen molar-refractivity contribution < 1.29 is 14.6 Å². The van der Waals surface area contributed by atoms with E-state index in [1.54, 1.807) is 7.11 Å². The summed E-state index contributed by atoms with van der Waals surface area (Å²) in [5.74, 6) is 0.911. The van der Waals surface area contributed by atoms with E-state index in [1.165, 1.54) is 18.4 Å². The number of ether oxygens (including phenoxy) is 1. The number of methoxy groups -OCH3 is 1. The van der Waals surface area contributed by atoms with Crippen LogP contribution in [0, 0.1) is 0 Å². The molecule has 23 heavy (non-hydrogen) atoms. The molecule has 1 aromatic rings. The lowest BCUT2D eigenvalue weighted by Crippen LogP contribution is -2.32. The highest BCUT2D eigenvalue weighted by atomic mass is 16.5. The van der Waals surface area contributed by atoms with Crippen LogP contribution in [0.5, 0.6) is 5.75 Å². The van der Waals surface area contributed by atoms with E-state index in [1.807, 2.05) is 29.2 Å². The zero-order valence-corrected chi connectivity index (χ0v) is 13.7. The number of allylic oxidation sites excluding steroid dienone is 1. The number of carbonyl (C=O) groups is 1. The Morgan fingerprint density at radius 3 is 3.00 bits per heavy atom. The molecule has 0 saturated carbocycles. The van der Waals surface area contributed by atoms with Gasteiger partial charge in [0, 0.05) is 13.0 Å². The Hall–Kier alpha value is -1.81. The first-order valence-electron chi connectivity index (χ1n) is 8.47. The van der Waals surface area contributed by atoms with Crippen LogP contribution < -0.4 is 4.74 Å². The summed E-state index contributed by atoms with van der Waals surface area (Å²) in [5, 5.41) is 10.1. The number of carbonyl (C=O) groups excluding carboxylic acids is 1. The van der Waals surface area contributed by atoms with Crippen LogP contribution in [0.1, 0.15) is 50.1 Å². The van der Waals surface area contributed by atoms with E-state index in [2.05, 4.69) is 6.08 Å². The average Bonchev–Trinajstić information content (AvgIpc) is 2.98. The van der Waals surface area contributed by atoms with E-state index >= 15 is 0 Å². The van der Waals surface area contributed by atoms with E-state index in [0.29, 0.717) is 19.4 Å². The molecular weight excluding hydrogens is 290 g/mol. The van der Waals surface area contributed by atoms with Crippen molar-refractivity contribution in [1.29, 1.82) is 0 Å². The van der Waals surface area contributed by atoms with E-state index in [4.69, 9.17) is 4.74 Å². The third-order valence-electron chi connectivity index (χ3n) is 4.84. The Morgan fingerprint density at radius 1 is 1.39 bits per heavy atom. The largest absolute Gasteiger partial charge is 0.497 e. The molecule has 2 aliphatic rings. The van der Waals surface area contributed by atoms with Crippen molar-refractivity contribution in [2.24, 2.45) is 0 Å². The number of aliphatic hydroxyl groups is 1. The third-order valence-corrected chi connectivity index (χ3v) is 4.84. The first-order valence-corrected chi connectivity index (χ1v) is 8.47. The number of hydrogen-bond donors (Lipinski definition) is 1. The van der Waals surface area contributed by atoms with Crippen molar-refractivity contribution in [3.05, 3.63) is 41.5 Å². The smallest absolute Gasteiger partial charge is 0.227 e. The van der Waals surface area contributed by atoms with Gasteiger partial charge >= 0.3 is 0 Å². The molecule has 0 spiro atoms. The predicted octanol–water partition coefficient (Wildman–Crippen LogP) is 3.22. The molecule has 124 valence electrons. The number of nitrogens with zero attached hydrogens (tertiary/aromatic N) is 1. The number of aliphatic hydroxyl groups excluding tert-OH is 1. The quantitative estimate of drug-likeness (QED) is 0.868. The summed E-state index contributed by atoms with van der Waals surface area (Å²) in [6, 6.07) is 7.74. The van der Waals surface area contributed by atoms with Gasteiger partial charge in [-0.3, -0.25) is 4.79 Å². The SMILES string of the molecule is COc1cccc(C2CC(O)CN2C(=O)CC2=CCCCC2)c1. The van der Waals surface area contributed by atoms with Gasteiger partial charge in [0.25, 0.3) is 0 Å². The molecule has 1 heterocycles. The monoisotopic (exact) mass is 315 g/mol. The molecule has 1 saturated heterocycles. The Morgan fingerprint density at radius 2 is 2.26 bits per heavy atom. The first-order chi connectivity index (χ1) is 11.2. The van der Waals surface area contributed by atoms with Crippen molar-refractivity contribution in [2.75, 3.05) is 13.7 Å². The van der Waals surface area contributed by atoms with Crippen molar-refractivity contribution in [2.45, 2.75) is 50.7 Å². The molecule has 1 aromatic carbocycles. The lowest BCUT2D eigenvalue weighted by Gasteiger charge is -2.26. The number of β-amino-alcohol motifs (C(OH)–C–C–N with tert-alkyl or cyclic N) is 1. The molecule has 4 nitrogen and oxygen atoms in total. The number of likely N-dealkylation sites (tertiary alicyclic amines) is 1. The summed E-state index contributed by atoms with van der Waals surface area (Å²) in [7, 11) is 1.64. The minimum absolute atomic E-state index is 0.0585. The second-order valence-electron chi connectivity index (χ2n) is 6.51. The van der Waals surface area contributed by atoms with Crippen LogP contribution in [-0.4, -0.2) is 35.7 Å². The van der Waals surface area contributed by atoms with E-state index in [-0.39, 0.29) is 11.9 Å². The number of hydrogen-bond acceptors (Lipinski definition) is 3. The second-order valence-corrected chi connectivity index (χ2v) is 6.51. The summed E-state index contributed by atoms with van der Waals surface area (Å²) in [4.78, 5) is 14.6. The topological polar surface area (TPSA) is 49.8 Å². The van der Waals surface area contributed by atoms with Gasteiger partial charge in [0.1, 0.15) is 5.75 Å². The van der Waals surface area contributed by atoms with Crippen molar-refractivity contribution >= 4 is 5.91 Å². The van der Waals surface area contributed by atoms with Gasteiger partial charge < -0.3 is 14.7 Å². The highest BCUT2D eigenvalue weighted by molar-refractivity contribution is 5.79. The lowest BCUT2D eigenvalue weighted by atomic mass is 9.96. The van der Waals surface area contributed by atoms with Gasteiger partial charge in [0.2, 0.25) is 5.91 Å². The maximum Gasteiger partial charge on any atom is 0.227 e. The van der Waals surface area contributed by atoms with Gasteiger partial charge in [-0.15, -0.1) is 0 Å². The average molecular weight is 315 g/mol. The van der Waals surface area contributed by atoms with Gasteiger partial charge in [-0.05, 0) is 49.8 Å². The lowest BCUT2D eigenvalue weighted by molar-refractivity contribution is -0.131. The van der Waals surface area contributed by atoms with E-state index in [0.717, 1.165) is 24.2 Å². The minimum Gasteiger partial charge on any atom is -0.497 e. The summed E-state index contributed by atoms with van der Waals surface area (Å²) in [6.07, 6.45) is 7.39. The molecule has 4 heteroatoms. The standard InChI is InChI=1S/C19H25NO3/c1-23-17-9-5-8-15(11-17)18-12-16(21)13-20(18)19(22)10-14-6-3-2-4-7-14/h5-6,8-9,11,16,18,21H,2-4,7,10,12-13H2,1H3. The highest BCUT2D eigenvalue weighted by Crippen LogP contribution is 2.35. The molecule has 2 unspecified atom stereocenters. The summed E-state index contributed by atoms with van der Waals surface area (Å²) in [6.45, 7) is 0.425. The van der Waals surface area contributed by atoms with Crippen LogP contribution >= 0.6 is 0 Å². The molecule has 0 bridgehead atoms. The van der Waals surface area contributed by atoms with Crippen LogP contribution in [0.4, 0.5) is 0 Å².